The summed E-state index contributed by atoms with van der Waals surface area (Å²) < 4.78 is 40.9. The summed E-state index contributed by atoms with van der Waals surface area (Å²) in [4.78, 5) is 11.0. The second-order valence-corrected chi connectivity index (χ2v) is 2.53. The summed E-state index contributed by atoms with van der Waals surface area (Å²) in [7, 11) is 4.40. The fourth-order valence-electron chi connectivity index (χ4n) is 0.740. The van der Waals surface area contributed by atoms with Crippen molar-refractivity contribution < 1.29 is 17.9 Å². The van der Waals surface area contributed by atoms with Gasteiger partial charge in [0.2, 0.25) is 0 Å². The Bertz CT molecular complexity index is 379. The van der Waals surface area contributed by atoms with Crippen molar-refractivity contribution in [2.24, 2.45) is 7.05 Å². The molecule has 79 valence electrons. The van der Waals surface area contributed by atoms with Crippen molar-refractivity contribution in [1.29, 1.82) is 0 Å². The van der Waals surface area contributed by atoms with E-state index in [4.69, 9.17) is 0 Å². The second-order valence-electron chi connectivity index (χ2n) is 2.53. The minimum atomic E-state index is -4.46. The molecule has 0 aromatic carbocycles. The zero-order chi connectivity index (χ0) is 10.9. The van der Waals surface area contributed by atoms with Crippen LogP contribution in [-0.2, 0) is 7.05 Å². The van der Waals surface area contributed by atoms with E-state index in [9.17, 15) is 18.0 Å². The van der Waals surface area contributed by atoms with E-state index in [2.05, 4.69) is 16.9 Å². The average molecular weight is 210 g/mol. The van der Waals surface area contributed by atoms with Crippen molar-refractivity contribution in [3.63, 3.8) is 0 Å². The van der Waals surface area contributed by atoms with Crippen LogP contribution in [0.15, 0.2) is 4.79 Å². The van der Waals surface area contributed by atoms with Crippen molar-refractivity contribution >= 4 is 0 Å². The molecular weight excluding hydrogens is 203 g/mol. The van der Waals surface area contributed by atoms with Crippen molar-refractivity contribution in [2.75, 3.05) is 6.61 Å². The topological polar surface area (TPSA) is 49.0 Å². The van der Waals surface area contributed by atoms with Crippen LogP contribution in [0.1, 0.15) is 0 Å². The van der Waals surface area contributed by atoms with Gasteiger partial charge >= 0.3 is 17.9 Å². The molecule has 0 saturated heterocycles. The lowest BCUT2D eigenvalue weighted by Gasteiger charge is -2.06. The standard InChI is InChI=1S/C6H7F3N3O2/c1-11-4(10-12(2)5(11)13)14-3-6(7,8)9/h2-3H2,1H3. The van der Waals surface area contributed by atoms with Gasteiger partial charge in [0.1, 0.15) is 0 Å². The third-order valence-electron chi connectivity index (χ3n) is 1.37. The van der Waals surface area contributed by atoms with Gasteiger partial charge in [0, 0.05) is 7.05 Å². The van der Waals surface area contributed by atoms with Gasteiger partial charge < -0.3 is 4.74 Å². The summed E-state index contributed by atoms with van der Waals surface area (Å²) >= 11 is 0. The van der Waals surface area contributed by atoms with Crippen LogP contribution in [0.5, 0.6) is 6.01 Å². The third kappa shape index (κ3) is 2.27. The Labute approximate surface area is 76.7 Å². The predicted octanol–water partition coefficient (Wildman–Crippen LogP) is 0.163. The van der Waals surface area contributed by atoms with E-state index in [0.29, 0.717) is 4.68 Å². The average Bonchev–Trinajstić information content (AvgIpc) is 2.28. The Balaban J connectivity index is 2.79. The van der Waals surface area contributed by atoms with Crippen LogP contribution in [0, 0.1) is 7.05 Å². The molecule has 1 aromatic heterocycles. The fraction of sp³-hybridized carbons (Fsp3) is 0.500. The van der Waals surface area contributed by atoms with E-state index >= 15 is 0 Å². The molecule has 1 aromatic rings. The Hall–Kier alpha value is -1.47. The summed E-state index contributed by atoms with van der Waals surface area (Å²) in [6.45, 7) is -1.49. The summed E-state index contributed by atoms with van der Waals surface area (Å²) in [6.07, 6.45) is -4.46. The smallest absolute Gasteiger partial charge is 0.422 e. The van der Waals surface area contributed by atoms with Crippen LogP contribution < -0.4 is 10.4 Å². The molecule has 0 aliphatic heterocycles. The molecule has 0 amide bonds. The maximum atomic E-state index is 11.7. The van der Waals surface area contributed by atoms with Gasteiger partial charge in [0.25, 0.3) is 0 Å². The Kier molecular flexibility index (Phi) is 2.54. The molecule has 1 rings (SSSR count). The molecule has 0 atom stereocenters. The van der Waals surface area contributed by atoms with Gasteiger partial charge in [-0.05, 0) is 0 Å². The molecule has 0 N–H and O–H groups in total. The molecule has 8 heteroatoms. The number of alkyl halides is 3. The van der Waals surface area contributed by atoms with Gasteiger partial charge in [0.15, 0.2) is 6.61 Å². The van der Waals surface area contributed by atoms with E-state index in [1.165, 1.54) is 7.05 Å². The Morgan fingerprint density at radius 3 is 2.50 bits per heavy atom. The highest BCUT2D eigenvalue weighted by atomic mass is 19.4. The van der Waals surface area contributed by atoms with E-state index in [0.717, 1.165) is 4.57 Å². The van der Waals surface area contributed by atoms with Crippen LogP contribution >= 0.6 is 0 Å². The highest BCUT2D eigenvalue weighted by Gasteiger charge is 2.29. The number of nitrogens with zero attached hydrogens (tertiary/aromatic N) is 3. The zero-order valence-electron chi connectivity index (χ0n) is 7.21. The number of hydrogen-bond donors (Lipinski definition) is 0. The lowest BCUT2D eigenvalue weighted by molar-refractivity contribution is -0.155. The molecule has 1 heterocycles. The number of hydrogen-bond acceptors (Lipinski definition) is 3. The first-order chi connectivity index (χ1) is 6.31. The lowest BCUT2D eigenvalue weighted by Crippen LogP contribution is -2.22. The summed E-state index contributed by atoms with van der Waals surface area (Å²) in [5.41, 5.74) is -0.651. The van der Waals surface area contributed by atoms with Crippen LogP contribution in [0.2, 0.25) is 0 Å². The molecule has 0 unspecified atom stereocenters. The molecule has 0 saturated carbocycles. The fourth-order valence-corrected chi connectivity index (χ4v) is 0.740. The van der Waals surface area contributed by atoms with E-state index in [1.54, 1.807) is 0 Å². The minimum absolute atomic E-state index is 0.415. The summed E-state index contributed by atoms with van der Waals surface area (Å²) in [6, 6.07) is -0.415. The molecule has 14 heavy (non-hydrogen) atoms. The van der Waals surface area contributed by atoms with Gasteiger partial charge in [-0.1, -0.05) is 0 Å². The first kappa shape index (κ1) is 10.6. The van der Waals surface area contributed by atoms with Crippen LogP contribution in [-0.4, -0.2) is 27.1 Å². The lowest BCUT2D eigenvalue weighted by atomic mass is 10.7. The van der Waals surface area contributed by atoms with Gasteiger partial charge in [-0.15, -0.1) is 5.10 Å². The van der Waals surface area contributed by atoms with Crippen molar-refractivity contribution in [3.8, 4) is 6.01 Å². The number of halogens is 3. The largest absolute Gasteiger partial charge is 0.454 e. The number of rotatable bonds is 2. The molecule has 1 radical (unpaired) electrons. The number of ether oxygens (including phenoxy) is 1. The second kappa shape index (κ2) is 3.35. The zero-order valence-corrected chi connectivity index (χ0v) is 7.21. The monoisotopic (exact) mass is 210 g/mol. The maximum Gasteiger partial charge on any atom is 0.422 e. The van der Waals surface area contributed by atoms with E-state index in [-0.39, 0.29) is 0 Å². The normalized spacial score (nSPS) is 11.8. The van der Waals surface area contributed by atoms with Crippen LogP contribution in [0.4, 0.5) is 13.2 Å². The molecule has 0 aliphatic rings. The van der Waals surface area contributed by atoms with Gasteiger partial charge in [-0.25, -0.2) is 14.0 Å². The summed E-state index contributed by atoms with van der Waals surface area (Å²) in [5, 5.41) is 3.35. The van der Waals surface area contributed by atoms with E-state index in [1.807, 2.05) is 0 Å². The maximum absolute atomic E-state index is 11.7. The van der Waals surface area contributed by atoms with Gasteiger partial charge in [0.05, 0.1) is 7.05 Å². The predicted molar refractivity (Wildman–Crippen MR) is 39.8 cm³/mol. The van der Waals surface area contributed by atoms with Gasteiger partial charge in [-0.3, -0.25) is 0 Å². The van der Waals surface area contributed by atoms with Crippen LogP contribution in [0.3, 0.4) is 0 Å². The molecule has 0 spiro atoms. The first-order valence-electron chi connectivity index (χ1n) is 3.48. The quantitative estimate of drug-likeness (QED) is 0.698. The summed E-state index contributed by atoms with van der Waals surface area (Å²) in [5.74, 6) is 0. The van der Waals surface area contributed by atoms with Gasteiger partial charge in [-0.2, -0.15) is 13.2 Å². The van der Waals surface area contributed by atoms with Crippen molar-refractivity contribution in [3.05, 3.63) is 17.5 Å². The van der Waals surface area contributed by atoms with Crippen molar-refractivity contribution in [2.45, 2.75) is 6.18 Å². The highest BCUT2D eigenvalue weighted by Crippen LogP contribution is 2.15. The molecule has 0 aliphatic carbocycles. The highest BCUT2D eigenvalue weighted by molar-refractivity contribution is 4.93. The van der Waals surface area contributed by atoms with Crippen LogP contribution in [0.25, 0.3) is 0 Å². The minimum Gasteiger partial charge on any atom is -0.454 e. The molecular formula is C6H7F3N3O2. The van der Waals surface area contributed by atoms with Crippen molar-refractivity contribution in [1.82, 2.24) is 14.3 Å². The Morgan fingerprint density at radius 2 is 2.14 bits per heavy atom. The molecule has 5 nitrogen and oxygen atoms in total. The SMILES string of the molecule is [CH2]n1nc(OCC(F)(F)F)n(C)c1=O. The third-order valence-corrected chi connectivity index (χ3v) is 1.37. The molecule has 0 fully saturated rings. The first-order valence-corrected chi connectivity index (χ1v) is 3.48. The van der Waals surface area contributed by atoms with E-state index < -0.39 is 24.5 Å². The Morgan fingerprint density at radius 1 is 1.57 bits per heavy atom. The number of aromatic nitrogens is 3. The molecule has 0 bridgehead atoms.